The Kier molecular flexibility index (Phi) is 11.2. The number of likely N-dealkylation sites (tertiary alicyclic amines) is 1. The van der Waals surface area contributed by atoms with Gasteiger partial charge in [-0.05, 0) is 63.4 Å². The largest absolute Gasteiger partial charge is 0.518 e. The predicted molar refractivity (Wildman–Crippen MR) is 116 cm³/mol. The third-order valence-electron chi connectivity index (χ3n) is 5.61. The van der Waals surface area contributed by atoms with Crippen LogP contribution in [0, 0.1) is 0 Å². The van der Waals surface area contributed by atoms with Crippen LogP contribution in [-0.2, 0) is 11.2 Å². The Balaban J connectivity index is 1.60. The van der Waals surface area contributed by atoms with Gasteiger partial charge in [-0.15, -0.1) is 0 Å². The van der Waals surface area contributed by atoms with E-state index < -0.39 is 0 Å². The van der Waals surface area contributed by atoms with E-state index >= 15 is 0 Å². The fourth-order valence-electron chi connectivity index (χ4n) is 3.98. The molecule has 0 aromatic heterocycles. The molecule has 0 radical (unpaired) electrons. The number of amides is 1. The van der Waals surface area contributed by atoms with Gasteiger partial charge in [-0.3, -0.25) is 4.90 Å². The lowest BCUT2D eigenvalue weighted by molar-refractivity contribution is -0.484. The molecule has 0 unspecified atom stereocenters. The molecular weight excluding hydrogens is 348 g/mol. The molecule has 2 N–H and O–H groups in total. The van der Waals surface area contributed by atoms with Gasteiger partial charge in [0, 0.05) is 6.54 Å². The third-order valence-corrected chi connectivity index (χ3v) is 5.61. The highest BCUT2D eigenvalue weighted by Crippen LogP contribution is 2.12. The smallest absolute Gasteiger partial charge is 0.415 e. The van der Waals surface area contributed by atoms with Crippen LogP contribution >= 0.6 is 0 Å². The Morgan fingerprint density at radius 3 is 2.32 bits per heavy atom. The zero-order valence-corrected chi connectivity index (χ0v) is 18.1. The number of carbonyl (C=O) groups is 1. The minimum absolute atomic E-state index is 0.0570. The molecule has 0 aliphatic carbocycles. The van der Waals surface area contributed by atoms with Gasteiger partial charge >= 0.3 is 6.09 Å². The Bertz CT molecular complexity index is 538. The van der Waals surface area contributed by atoms with Crippen molar-refractivity contribution in [1.82, 2.24) is 4.90 Å². The second-order valence-electron chi connectivity index (χ2n) is 8.37. The fourth-order valence-corrected chi connectivity index (χ4v) is 3.98. The van der Waals surface area contributed by atoms with Crippen LogP contribution in [0.2, 0.25) is 0 Å². The lowest BCUT2D eigenvalue weighted by Gasteiger charge is -2.28. The number of hydrogen-bond donors (Lipinski definition) is 1. The van der Waals surface area contributed by atoms with E-state index in [0.29, 0.717) is 0 Å². The summed E-state index contributed by atoms with van der Waals surface area (Å²) in [4.78, 5) is 14.6. The quantitative estimate of drug-likeness (QED) is 0.395. The number of primary amides is 1. The number of rotatable bonds is 12. The second kappa shape index (κ2) is 13.7. The van der Waals surface area contributed by atoms with Crippen LogP contribution in [-0.4, -0.2) is 36.7 Å². The second-order valence-corrected chi connectivity index (χ2v) is 8.37. The zero-order valence-electron chi connectivity index (χ0n) is 18.1. The highest BCUT2D eigenvalue weighted by Gasteiger charge is 2.18. The Labute approximate surface area is 172 Å². The lowest BCUT2D eigenvalue weighted by Crippen LogP contribution is -2.82. The molecule has 0 bridgehead atoms. The van der Waals surface area contributed by atoms with Crippen molar-refractivity contribution in [3.05, 3.63) is 29.8 Å². The molecule has 1 aliphatic heterocycles. The van der Waals surface area contributed by atoms with Crippen molar-refractivity contribution in [3.8, 4) is 0 Å². The van der Waals surface area contributed by atoms with Crippen LogP contribution in [0.5, 0.6) is 0 Å². The minimum Gasteiger partial charge on any atom is -0.415 e. The first-order chi connectivity index (χ1) is 13.7. The molecule has 0 saturated carbocycles. The first-order valence-electron chi connectivity index (χ1n) is 11.5. The van der Waals surface area contributed by atoms with E-state index in [1.165, 1.54) is 69.8 Å². The summed E-state index contributed by atoms with van der Waals surface area (Å²) in [5.41, 5.74) is 2.29. The van der Waals surface area contributed by atoms with Gasteiger partial charge in [0.2, 0.25) is 0 Å². The molecule has 1 atom stereocenters. The van der Waals surface area contributed by atoms with Gasteiger partial charge in [-0.25, -0.2) is 5.32 Å². The van der Waals surface area contributed by atoms with Gasteiger partial charge in [0.05, 0.1) is 0 Å². The highest BCUT2D eigenvalue weighted by atomic mass is 16.6. The molecule has 1 fully saturated rings. The normalized spacial score (nSPS) is 16.1. The zero-order chi connectivity index (χ0) is 20.0. The van der Waals surface area contributed by atoms with Crippen LogP contribution in [0.4, 0.5) is 10.5 Å². The lowest BCUT2D eigenvalue weighted by atomic mass is 10.0. The molecule has 4 nitrogen and oxygen atoms in total. The molecular formula is C24H41N2O2+. The topological polar surface area (TPSA) is 46.1 Å². The van der Waals surface area contributed by atoms with Crippen molar-refractivity contribution in [3.63, 3.8) is 0 Å². The number of benzene rings is 1. The summed E-state index contributed by atoms with van der Waals surface area (Å²) in [5.74, 6) is 0. The Morgan fingerprint density at radius 1 is 1.00 bits per heavy atom. The monoisotopic (exact) mass is 389 g/mol. The van der Waals surface area contributed by atoms with Crippen molar-refractivity contribution < 1.29 is 14.8 Å². The number of unbranched alkanes of at least 4 members (excludes halogenated alkanes) is 6. The number of hydrogen-bond acceptors (Lipinski definition) is 3. The third kappa shape index (κ3) is 9.70. The maximum atomic E-state index is 12.2. The molecule has 1 heterocycles. The SMILES string of the molecule is CCCCCCCCCc1ccc([NH2+]C(=O)O[C@H](C)CN2CCCCC2)cc1. The van der Waals surface area contributed by atoms with Crippen molar-refractivity contribution in [1.29, 1.82) is 0 Å². The van der Waals surface area contributed by atoms with E-state index in [9.17, 15) is 4.79 Å². The molecule has 0 spiro atoms. The van der Waals surface area contributed by atoms with Crippen LogP contribution in [0.1, 0.15) is 83.6 Å². The molecule has 1 aromatic carbocycles. The van der Waals surface area contributed by atoms with E-state index in [1.54, 1.807) is 5.32 Å². The maximum Gasteiger partial charge on any atom is 0.518 e. The number of ether oxygens (including phenoxy) is 1. The average Bonchev–Trinajstić information content (AvgIpc) is 2.69. The van der Waals surface area contributed by atoms with Crippen LogP contribution < -0.4 is 5.32 Å². The van der Waals surface area contributed by atoms with Crippen molar-refractivity contribution in [2.75, 3.05) is 19.6 Å². The molecule has 2 rings (SSSR count). The molecule has 1 aliphatic rings. The summed E-state index contributed by atoms with van der Waals surface area (Å²) < 4.78 is 5.57. The number of piperidine rings is 1. The van der Waals surface area contributed by atoms with Crippen LogP contribution in [0.25, 0.3) is 0 Å². The van der Waals surface area contributed by atoms with Crippen molar-refractivity contribution in [2.24, 2.45) is 0 Å². The summed E-state index contributed by atoms with van der Waals surface area (Å²) in [5, 5.41) is 1.62. The van der Waals surface area contributed by atoms with Gasteiger partial charge in [0.25, 0.3) is 0 Å². The van der Waals surface area contributed by atoms with E-state index in [-0.39, 0.29) is 12.2 Å². The molecule has 158 valence electrons. The van der Waals surface area contributed by atoms with Crippen LogP contribution in [0.15, 0.2) is 24.3 Å². The number of nitrogens with two attached hydrogens (primary N) is 1. The standard InChI is InChI=1S/C24H40N2O2/c1-3-4-5-6-7-8-10-13-22-14-16-23(17-15-22)25-24(27)28-21(2)20-26-18-11-9-12-19-26/h14-17,21H,3-13,18-20H2,1-2H3,(H,25,27)/p+1/t21-/m1/s1. The van der Waals surface area contributed by atoms with Gasteiger partial charge in [0.15, 0.2) is 0 Å². The number of aryl methyl sites for hydroxylation is 1. The van der Waals surface area contributed by atoms with Crippen LogP contribution in [0.3, 0.4) is 0 Å². The van der Waals surface area contributed by atoms with Gasteiger partial charge < -0.3 is 4.74 Å². The summed E-state index contributed by atoms with van der Waals surface area (Å²) in [6.45, 7) is 7.36. The van der Waals surface area contributed by atoms with E-state index in [0.717, 1.165) is 31.7 Å². The van der Waals surface area contributed by atoms with Gasteiger partial charge in [-0.2, -0.15) is 4.79 Å². The number of quaternary nitrogens is 1. The summed E-state index contributed by atoms with van der Waals surface area (Å²) in [6.07, 6.45) is 14.1. The molecule has 1 amide bonds. The number of carbonyl (C=O) groups excluding carboxylic acids is 1. The van der Waals surface area contributed by atoms with Crippen molar-refractivity contribution >= 4 is 11.8 Å². The average molecular weight is 390 g/mol. The van der Waals surface area contributed by atoms with E-state index in [1.807, 2.05) is 19.1 Å². The maximum absolute atomic E-state index is 12.2. The summed E-state index contributed by atoms with van der Waals surface area (Å²) in [7, 11) is 0. The van der Waals surface area contributed by atoms with Crippen molar-refractivity contribution in [2.45, 2.75) is 90.6 Å². The Hall–Kier alpha value is -1.39. The first-order valence-corrected chi connectivity index (χ1v) is 11.5. The van der Waals surface area contributed by atoms with Gasteiger partial charge in [-0.1, -0.05) is 64.0 Å². The number of nitrogens with zero attached hydrogens (tertiary/aromatic N) is 1. The van der Waals surface area contributed by atoms with E-state index in [4.69, 9.17) is 4.74 Å². The first kappa shape index (κ1) is 22.9. The Morgan fingerprint density at radius 2 is 1.64 bits per heavy atom. The molecule has 28 heavy (non-hydrogen) atoms. The van der Waals surface area contributed by atoms with Gasteiger partial charge in [0.1, 0.15) is 11.8 Å². The minimum atomic E-state index is -0.232. The highest BCUT2D eigenvalue weighted by molar-refractivity contribution is 5.59. The molecule has 4 heteroatoms. The van der Waals surface area contributed by atoms with E-state index in [2.05, 4.69) is 24.0 Å². The summed E-state index contributed by atoms with van der Waals surface area (Å²) >= 11 is 0. The fraction of sp³-hybridized carbons (Fsp3) is 0.708. The molecule has 1 saturated heterocycles. The predicted octanol–water partition coefficient (Wildman–Crippen LogP) is 5.19. The summed E-state index contributed by atoms with van der Waals surface area (Å²) in [6, 6.07) is 8.36. The molecule has 1 aromatic rings.